The number of ether oxygens (including phenoxy) is 1. The van der Waals surface area contributed by atoms with Crippen LogP contribution in [0.2, 0.25) is 0 Å². The lowest BCUT2D eigenvalue weighted by Crippen LogP contribution is -2.04. The molecule has 0 saturated carbocycles. The molecule has 3 aromatic rings. The van der Waals surface area contributed by atoms with Gasteiger partial charge in [0.15, 0.2) is 0 Å². The summed E-state index contributed by atoms with van der Waals surface area (Å²) in [6.45, 7) is 4.23. The van der Waals surface area contributed by atoms with E-state index < -0.39 is 5.63 Å². The lowest BCUT2D eigenvalue weighted by Gasteiger charge is -2.10. The Balaban J connectivity index is 1.98. The number of benzene rings is 2. The van der Waals surface area contributed by atoms with Crippen LogP contribution in [0.15, 0.2) is 51.7 Å². The fourth-order valence-corrected chi connectivity index (χ4v) is 2.42. The molecule has 23 heavy (non-hydrogen) atoms. The van der Waals surface area contributed by atoms with Crippen molar-refractivity contribution in [3.63, 3.8) is 0 Å². The molecule has 114 valence electrons. The molecule has 4 heteroatoms. The van der Waals surface area contributed by atoms with Gasteiger partial charge in [-0.2, -0.15) is 5.26 Å². The van der Waals surface area contributed by atoms with Crippen LogP contribution in [0.1, 0.15) is 22.3 Å². The third-order valence-corrected chi connectivity index (χ3v) is 3.80. The number of rotatable bonds is 3. The molecule has 3 rings (SSSR count). The largest absolute Gasteiger partial charge is 0.489 e. The molecule has 1 heterocycles. The number of nitrogens with zero attached hydrogens (tertiary/aromatic N) is 1. The van der Waals surface area contributed by atoms with Crippen molar-refractivity contribution < 1.29 is 9.15 Å². The zero-order valence-electron chi connectivity index (χ0n) is 12.9. The molecule has 0 atom stereocenters. The summed E-state index contributed by atoms with van der Waals surface area (Å²) in [4.78, 5) is 11.7. The van der Waals surface area contributed by atoms with E-state index in [-0.39, 0.29) is 6.61 Å². The van der Waals surface area contributed by atoms with Crippen LogP contribution in [0.5, 0.6) is 5.75 Å². The van der Waals surface area contributed by atoms with Crippen LogP contribution in [-0.4, -0.2) is 0 Å². The van der Waals surface area contributed by atoms with Crippen LogP contribution in [0.4, 0.5) is 0 Å². The summed E-state index contributed by atoms with van der Waals surface area (Å²) in [7, 11) is 0. The van der Waals surface area contributed by atoms with Gasteiger partial charge in [-0.1, -0.05) is 6.07 Å². The molecule has 0 unspecified atom stereocenters. The first-order chi connectivity index (χ1) is 11.1. The predicted molar refractivity (Wildman–Crippen MR) is 87.4 cm³/mol. The highest BCUT2D eigenvalue weighted by Gasteiger charge is 2.08. The summed E-state index contributed by atoms with van der Waals surface area (Å²) in [5.41, 5.74) is 3.66. The third kappa shape index (κ3) is 3.09. The van der Waals surface area contributed by atoms with Gasteiger partial charge in [0.25, 0.3) is 0 Å². The first kappa shape index (κ1) is 14.9. The van der Waals surface area contributed by atoms with Crippen molar-refractivity contribution in [2.45, 2.75) is 20.5 Å². The van der Waals surface area contributed by atoms with Crippen LogP contribution in [-0.2, 0) is 6.61 Å². The molecule has 0 aliphatic rings. The second-order valence-electron chi connectivity index (χ2n) is 5.45. The second kappa shape index (κ2) is 5.98. The van der Waals surface area contributed by atoms with Crippen molar-refractivity contribution in [1.82, 2.24) is 0 Å². The van der Waals surface area contributed by atoms with E-state index in [2.05, 4.69) is 6.07 Å². The highest BCUT2D eigenvalue weighted by Crippen LogP contribution is 2.23. The van der Waals surface area contributed by atoms with Gasteiger partial charge in [-0.25, -0.2) is 4.79 Å². The molecule has 0 aliphatic heterocycles. The van der Waals surface area contributed by atoms with Crippen LogP contribution in [0.25, 0.3) is 11.0 Å². The summed E-state index contributed by atoms with van der Waals surface area (Å²) in [5.74, 6) is 0.592. The number of nitriles is 1. The van der Waals surface area contributed by atoms with Gasteiger partial charge in [0.05, 0.1) is 11.6 Å². The van der Waals surface area contributed by atoms with Crippen molar-refractivity contribution in [3.05, 3.63) is 75.1 Å². The Labute approximate surface area is 133 Å². The summed E-state index contributed by atoms with van der Waals surface area (Å²) < 4.78 is 11.0. The summed E-state index contributed by atoms with van der Waals surface area (Å²) in [5, 5.41) is 9.79. The summed E-state index contributed by atoms with van der Waals surface area (Å²) in [6, 6.07) is 14.3. The lowest BCUT2D eigenvalue weighted by molar-refractivity contribution is 0.306. The Morgan fingerprint density at radius 2 is 1.91 bits per heavy atom. The fraction of sp³-hybridized carbons (Fsp3) is 0.158. The van der Waals surface area contributed by atoms with Gasteiger partial charge in [0, 0.05) is 17.0 Å². The average Bonchev–Trinajstić information content (AvgIpc) is 2.54. The lowest BCUT2D eigenvalue weighted by atomic mass is 10.0. The Morgan fingerprint density at radius 1 is 1.13 bits per heavy atom. The second-order valence-corrected chi connectivity index (χ2v) is 5.45. The molecule has 0 N–H and O–H groups in total. The number of hydrogen-bond donors (Lipinski definition) is 0. The van der Waals surface area contributed by atoms with Crippen LogP contribution < -0.4 is 10.4 Å². The van der Waals surface area contributed by atoms with Gasteiger partial charge in [0.2, 0.25) is 0 Å². The molecule has 0 bridgehead atoms. The van der Waals surface area contributed by atoms with Gasteiger partial charge in [0.1, 0.15) is 17.9 Å². The average molecular weight is 305 g/mol. The van der Waals surface area contributed by atoms with Crippen molar-refractivity contribution in [2.75, 3.05) is 0 Å². The zero-order chi connectivity index (χ0) is 16.4. The molecule has 0 radical (unpaired) electrons. The highest BCUT2D eigenvalue weighted by atomic mass is 16.5. The molecule has 0 saturated heterocycles. The van der Waals surface area contributed by atoms with Crippen LogP contribution in [0.3, 0.4) is 0 Å². The maximum Gasteiger partial charge on any atom is 0.336 e. The van der Waals surface area contributed by atoms with Gasteiger partial charge in [-0.15, -0.1) is 0 Å². The fourth-order valence-electron chi connectivity index (χ4n) is 2.42. The molecule has 0 spiro atoms. The van der Waals surface area contributed by atoms with E-state index in [4.69, 9.17) is 14.4 Å². The molecule has 0 amide bonds. The number of hydrogen-bond acceptors (Lipinski definition) is 4. The van der Waals surface area contributed by atoms with E-state index in [1.54, 1.807) is 24.3 Å². The Bertz CT molecular complexity index is 980. The maximum absolute atomic E-state index is 11.7. The van der Waals surface area contributed by atoms with Gasteiger partial charge < -0.3 is 9.15 Å². The maximum atomic E-state index is 11.7. The molecule has 1 aromatic heterocycles. The van der Waals surface area contributed by atoms with Crippen LogP contribution >= 0.6 is 0 Å². The Hall–Kier alpha value is -3.06. The third-order valence-electron chi connectivity index (χ3n) is 3.80. The Morgan fingerprint density at radius 3 is 2.70 bits per heavy atom. The van der Waals surface area contributed by atoms with E-state index >= 15 is 0 Å². The SMILES string of the molecule is Cc1cc2oc(=O)cc(COc3cccc(C#N)c3)c2cc1C. The molecule has 0 aliphatic carbocycles. The molecule has 2 aromatic carbocycles. The first-order valence-corrected chi connectivity index (χ1v) is 7.24. The minimum absolute atomic E-state index is 0.236. The topological polar surface area (TPSA) is 63.2 Å². The van der Waals surface area contributed by atoms with Crippen molar-refractivity contribution in [1.29, 1.82) is 5.26 Å². The van der Waals surface area contributed by atoms with E-state index in [1.165, 1.54) is 6.07 Å². The monoisotopic (exact) mass is 305 g/mol. The molecule has 0 fully saturated rings. The van der Waals surface area contributed by atoms with Crippen molar-refractivity contribution >= 4 is 11.0 Å². The minimum atomic E-state index is -0.398. The highest BCUT2D eigenvalue weighted by molar-refractivity contribution is 5.81. The van der Waals surface area contributed by atoms with Gasteiger partial charge >= 0.3 is 5.63 Å². The van der Waals surface area contributed by atoms with Crippen molar-refractivity contribution in [3.8, 4) is 11.8 Å². The van der Waals surface area contributed by atoms with E-state index in [1.807, 2.05) is 26.0 Å². The molecule has 4 nitrogen and oxygen atoms in total. The number of aryl methyl sites for hydroxylation is 2. The standard InChI is InChI=1S/C19H15NO3/c1-12-6-17-15(9-19(21)23-18(17)7-13(12)2)11-22-16-5-3-4-14(8-16)10-20/h3-9H,11H2,1-2H3. The van der Waals surface area contributed by atoms with E-state index in [0.29, 0.717) is 16.9 Å². The van der Waals surface area contributed by atoms with Crippen molar-refractivity contribution in [2.24, 2.45) is 0 Å². The molecular weight excluding hydrogens is 290 g/mol. The quantitative estimate of drug-likeness (QED) is 0.689. The summed E-state index contributed by atoms with van der Waals surface area (Å²) >= 11 is 0. The van der Waals surface area contributed by atoms with Gasteiger partial charge in [-0.3, -0.25) is 0 Å². The predicted octanol–water partition coefficient (Wildman–Crippen LogP) is 3.86. The smallest absolute Gasteiger partial charge is 0.336 e. The summed E-state index contributed by atoms with van der Waals surface area (Å²) in [6.07, 6.45) is 0. The normalized spacial score (nSPS) is 10.5. The Kier molecular flexibility index (Phi) is 3.86. The van der Waals surface area contributed by atoms with Gasteiger partial charge in [-0.05, 0) is 55.3 Å². The van der Waals surface area contributed by atoms with E-state index in [9.17, 15) is 4.79 Å². The first-order valence-electron chi connectivity index (χ1n) is 7.24. The molecular formula is C19H15NO3. The minimum Gasteiger partial charge on any atom is -0.489 e. The number of fused-ring (bicyclic) bond motifs is 1. The van der Waals surface area contributed by atoms with Crippen LogP contribution in [0, 0.1) is 25.2 Å². The van der Waals surface area contributed by atoms with E-state index in [0.717, 1.165) is 22.1 Å². The zero-order valence-corrected chi connectivity index (χ0v) is 12.9.